The fourth-order valence-electron chi connectivity index (χ4n) is 3.10. The molecule has 1 aliphatic heterocycles. The zero-order chi connectivity index (χ0) is 14.3. The molecule has 1 unspecified atom stereocenters. The van der Waals surface area contributed by atoms with Crippen molar-refractivity contribution in [3.8, 4) is 0 Å². The zero-order valence-electron chi connectivity index (χ0n) is 12.5. The maximum absolute atomic E-state index is 3.54. The van der Waals surface area contributed by atoms with Crippen LogP contribution in [-0.2, 0) is 12.8 Å². The first-order valence-electron chi connectivity index (χ1n) is 7.94. The van der Waals surface area contributed by atoms with E-state index < -0.39 is 0 Å². The van der Waals surface area contributed by atoms with Gasteiger partial charge in [0, 0.05) is 32.2 Å². The maximum atomic E-state index is 3.54. The smallest absolute Gasteiger partial charge is 0.0261 e. The Hall–Kier alpha value is -1.64. The first-order chi connectivity index (χ1) is 10.4. The SMILES string of the molecule is c1ccc(CCN2CCNCC2Cc2ccccc2)cc1. The maximum Gasteiger partial charge on any atom is 0.0261 e. The van der Waals surface area contributed by atoms with E-state index in [0.29, 0.717) is 6.04 Å². The minimum Gasteiger partial charge on any atom is -0.314 e. The molecule has 0 radical (unpaired) electrons. The zero-order valence-corrected chi connectivity index (χ0v) is 12.5. The van der Waals surface area contributed by atoms with Crippen molar-refractivity contribution in [2.24, 2.45) is 0 Å². The molecule has 1 N–H and O–H groups in total. The first kappa shape index (κ1) is 14.3. The third kappa shape index (κ3) is 4.16. The van der Waals surface area contributed by atoms with Gasteiger partial charge in [0.25, 0.3) is 0 Å². The van der Waals surface area contributed by atoms with E-state index in [9.17, 15) is 0 Å². The van der Waals surface area contributed by atoms with Gasteiger partial charge in [-0.2, -0.15) is 0 Å². The van der Waals surface area contributed by atoms with Crippen molar-refractivity contribution in [2.45, 2.75) is 18.9 Å². The van der Waals surface area contributed by atoms with E-state index in [2.05, 4.69) is 70.9 Å². The van der Waals surface area contributed by atoms with Gasteiger partial charge in [-0.1, -0.05) is 60.7 Å². The number of nitrogens with one attached hydrogen (secondary N) is 1. The van der Waals surface area contributed by atoms with Gasteiger partial charge in [0.2, 0.25) is 0 Å². The van der Waals surface area contributed by atoms with Crippen LogP contribution in [0.3, 0.4) is 0 Å². The van der Waals surface area contributed by atoms with E-state index >= 15 is 0 Å². The van der Waals surface area contributed by atoms with E-state index in [1.165, 1.54) is 11.1 Å². The summed E-state index contributed by atoms with van der Waals surface area (Å²) in [6.45, 7) is 4.53. The highest BCUT2D eigenvalue weighted by Crippen LogP contribution is 2.12. The Morgan fingerprint density at radius 1 is 0.905 bits per heavy atom. The average Bonchev–Trinajstić information content (AvgIpc) is 2.56. The van der Waals surface area contributed by atoms with Crippen molar-refractivity contribution in [1.82, 2.24) is 10.2 Å². The Morgan fingerprint density at radius 2 is 1.57 bits per heavy atom. The second kappa shape index (κ2) is 7.39. The quantitative estimate of drug-likeness (QED) is 0.906. The van der Waals surface area contributed by atoms with Crippen molar-refractivity contribution in [3.63, 3.8) is 0 Å². The molecule has 21 heavy (non-hydrogen) atoms. The van der Waals surface area contributed by atoms with Crippen LogP contribution in [-0.4, -0.2) is 37.1 Å². The molecule has 1 aliphatic rings. The molecule has 3 rings (SSSR count). The van der Waals surface area contributed by atoms with Gasteiger partial charge in [0.05, 0.1) is 0 Å². The molecule has 2 aromatic carbocycles. The number of piperazine rings is 1. The lowest BCUT2D eigenvalue weighted by Crippen LogP contribution is -2.52. The van der Waals surface area contributed by atoms with E-state index in [0.717, 1.165) is 39.0 Å². The molecule has 0 aromatic heterocycles. The largest absolute Gasteiger partial charge is 0.314 e. The number of nitrogens with zero attached hydrogens (tertiary/aromatic N) is 1. The predicted molar refractivity (Wildman–Crippen MR) is 88.5 cm³/mol. The van der Waals surface area contributed by atoms with Crippen LogP contribution in [0.5, 0.6) is 0 Å². The molecule has 0 bridgehead atoms. The van der Waals surface area contributed by atoms with Gasteiger partial charge in [-0.05, 0) is 24.0 Å². The minimum absolute atomic E-state index is 0.616. The fourth-order valence-corrected chi connectivity index (χ4v) is 3.10. The Balaban J connectivity index is 1.59. The molecule has 1 fully saturated rings. The van der Waals surface area contributed by atoms with Crippen LogP contribution in [0.25, 0.3) is 0 Å². The highest BCUT2D eigenvalue weighted by Gasteiger charge is 2.21. The summed E-state index contributed by atoms with van der Waals surface area (Å²) < 4.78 is 0. The molecule has 0 aliphatic carbocycles. The van der Waals surface area contributed by atoms with Crippen molar-refractivity contribution < 1.29 is 0 Å². The van der Waals surface area contributed by atoms with Crippen LogP contribution < -0.4 is 5.32 Å². The molecule has 0 saturated carbocycles. The molecule has 1 heterocycles. The normalized spacial score (nSPS) is 19.5. The summed E-state index contributed by atoms with van der Waals surface area (Å²) >= 11 is 0. The van der Waals surface area contributed by atoms with Gasteiger partial charge in [0.1, 0.15) is 0 Å². The van der Waals surface area contributed by atoms with E-state index in [-0.39, 0.29) is 0 Å². The van der Waals surface area contributed by atoms with Gasteiger partial charge in [0.15, 0.2) is 0 Å². The number of rotatable bonds is 5. The number of benzene rings is 2. The third-order valence-corrected chi connectivity index (χ3v) is 4.32. The van der Waals surface area contributed by atoms with Crippen LogP contribution in [0.4, 0.5) is 0 Å². The third-order valence-electron chi connectivity index (χ3n) is 4.32. The lowest BCUT2D eigenvalue weighted by atomic mass is 10.0. The molecular weight excluding hydrogens is 256 g/mol. The lowest BCUT2D eigenvalue weighted by Gasteiger charge is -2.36. The van der Waals surface area contributed by atoms with Crippen LogP contribution >= 0.6 is 0 Å². The fraction of sp³-hybridized carbons (Fsp3) is 0.368. The summed E-state index contributed by atoms with van der Waals surface area (Å²) in [5.41, 5.74) is 2.88. The lowest BCUT2D eigenvalue weighted by molar-refractivity contribution is 0.162. The summed E-state index contributed by atoms with van der Waals surface area (Å²) in [4.78, 5) is 2.65. The van der Waals surface area contributed by atoms with Gasteiger partial charge in [-0.25, -0.2) is 0 Å². The van der Waals surface area contributed by atoms with Crippen LogP contribution in [0.2, 0.25) is 0 Å². The minimum atomic E-state index is 0.616. The summed E-state index contributed by atoms with van der Waals surface area (Å²) in [6.07, 6.45) is 2.29. The number of hydrogen-bond donors (Lipinski definition) is 1. The second-order valence-electron chi connectivity index (χ2n) is 5.82. The molecule has 110 valence electrons. The molecule has 2 aromatic rings. The summed E-state index contributed by atoms with van der Waals surface area (Å²) in [6, 6.07) is 22.3. The van der Waals surface area contributed by atoms with Crippen molar-refractivity contribution >= 4 is 0 Å². The molecule has 0 spiro atoms. The van der Waals surface area contributed by atoms with E-state index in [1.54, 1.807) is 0 Å². The Bertz CT molecular complexity index is 524. The Labute approximate surface area is 127 Å². The summed E-state index contributed by atoms with van der Waals surface area (Å²) in [5, 5.41) is 3.54. The van der Waals surface area contributed by atoms with Crippen molar-refractivity contribution in [1.29, 1.82) is 0 Å². The predicted octanol–water partition coefficient (Wildman–Crippen LogP) is 2.75. The Kier molecular flexibility index (Phi) is 5.03. The molecule has 0 amide bonds. The van der Waals surface area contributed by atoms with Gasteiger partial charge < -0.3 is 5.32 Å². The standard InChI is InChI=1S/C19H24N2/c1-3-7-17(8-4-1)11-13-21-14-12-20-16-19(21)15-18-9-5-2-6-10-18/h1-10,19-20H,11-16H2. The van der Waals surface area contributed by atoms with Gasteiger partial charge >= 0.3 is 0 Å². The number of hydrogen-bond acceptors (Lipinski definition) is 2. The molecule has 2 nitrogen and oxygen atoms in total. The molecule has 1 atom stereocenters. The Morgan fingerprint density at radius 3 is 2.29 bits per heavy atom. The van der Waals surface area contributed by atoms with Gasteiger partial charge in [-0.15, -0.1) is 0 Å². The topological polar surface area (TPSA) is 15.3 Å². The molecule has 1 saturated heterocycles. The summed E-state index contributed by atoms with van der Waals surface area (Å²) in [5.74, 6) is 0. The van der Waals surface area contributed by atoms with Crippen molar-refractivity contribution in [2.75, 3.05) is 26.2 Å². The average molecular weight is 280 g/mol. The highest BCUT2D eigenvalue weighted by molar-refractivity contribution is 5.17. The van der Waals surface area contributed by atoms with Crippen LogP contribution in [0.15, 0.2) is 60.7 Å². The second-order valence-corrected chi connectivity index (χ2v) is 5.82. The summed E-state index contributed by atoms with van der Waals surface area (Å²) in [7, 11) is 0. The van der Waals surface area contributed by atoms with Crippen molar-refractivity contribution in [3.05, 3.63) is 71.8 Å². The highest BCUT2D eigenvalue weighted by atomic mass is 15.2. The monoisotopic (exact) mass is 280 g/mol. The van der Waals surface area contributed by atoms with Gasteiger partial charge in [-0.3, -0.25) is 4.90 Å². The van der Waals surface area contributed by atoms with Crippen LogP contribution in [0, 0.1) is 0 Å². The van der Waals surface area contributed by atoms with E-state index in [4.69, 9.17) is 0 Å². The van der Waals surface area contributed by atoms with Crippen LogP contribution in [0.1, 0.15) is 11.1 Å². The molecular formula is C19H24N2. The first-order valence-corrected chi connectivity index (χ1v) is 7.94. The molecule has 2 heteroatoms. The van der Waals surface area contributed by atoms with E-state index in [1.807, 2.05) is 0 Å².